The van der Waals surface area contributed by atoms with Gasteiger partial charge in [0.1, 0.15) is 5.57 Å². The molecule has 1 saturated heterocycles. The Morgan fingerprint density at radius 3 is 2.33 bits per heavy atom. The minimum Gasteiger partial charge on any atom is -0.273 e. The van der Waals surface area contributed by atoms with Crippen LogP contribution in [0, 0.1) is 0 Å². The maximum atomic E-state index is 12.7. The lowest BCUT2D eigenvalue weighted by Crippen LogP contribution is -2.54. The maximum Gasteiger partial charge on any atom is 0.335 e. The van der Waals surface area contributed by atoms with Gasteiger partial charge in [0.25, 0.3) is 11.8 Å². The Morgan fingerprint density at radius 2 is 1.67 bits per heavy atom. The van der Waals surface area contributed by atoms with Gasteiger partial charge in [0, 0.05) is 9.50 Å². The first kappa shape index (κ1) is 16.4. The van der Waals surface area contributed by atoms with Crippen LogP contribution in [0.1, 0.15) is 5.56 Å². The highest BCUT2D eigenvalue weighted by Crippen LogP contribution is 2.25. The highest BCUT2D eigenvalue weighted by Gasteiger charge is 2.36. The van der Waals surface area contributed by atoms with Crippen molar-refractivity contribution in [1.82, 2.24) is 5.32 Å². The molecule has 1 heterocycles. The zero-order chi connectivity index (χ0) is 17.3. The van der Waals surface area contributed by atoms with Gasteiger partial charge in [0.2, 0.25) is 0 Å². The van der Waals surface area contributed by atoms with Gasteiger partial charge in [-0.05, 0) is 42.0 Å². The lowest BCUT2D eigenvalue weighted by Gasteiger charge is -2.26. The molecule has 0 aliphatic carbocycles. The second-order valence-corrected chi connectivity index (χ2v) is 6.25. The number of hydrogen-bond donors (Lipinski definition) is 1. The summed E-state index contributed by atoms with van der Waals surface area (Å²) in [7, 11) is 0. The summed E-state index contributed by atoms with van der Waals surface area (Å²) < 4.78 is 0.730. The summed E-state index contributed by atoms with van der Waals surface area (Å²) in [6.07, 6.45) is 1.44. The third kappa shape index (κ3) is 3.11. The smallest absolute Gasteiger partial charge is 0.273 e. The molecule has 120 valence electrons. The van der Waals surface area contributed by atoms with Gasteiger partial charge in [-0.2, -0.15) is 0 Å². The molecule has 1 fully saturated rings. The maximum absolute atomic E-state index is 12.7. The number of barbiturate groups is 1. The molecular formula is C17H10BrClN2O3. The van der Waals surface area contributed by atoms with Crippen molar-refractivity contribution in [2.75, 3.05) is 4.90 Å². The highest BCUT2D eigenvalue weighted by atomic mass is 79.9. The van der Waals surface area contributed by atoms with Crippen molar-refractivity contribution in [3.05, 3.63) is 69.2 Å². The van der Waals surface area contributed by atoms with Crippen LogP contribution in [0.4, 0.5) is 10.5 Å². The standard InChI is InChI=1S/C17H10BrClN2O3/c18-14-4-2-1-3-10(14)9-13-15(22)20-17(24)21(16(13)23)12-7-5-11(19)6-8-12/h1-9H,(H,20,22,24)/b13-9+. The summed E-state index contributed by atoms with van der Waals surface area (Å²) >= 11 is 9.19. The molecule has 2 aromatic rings. The number of carbonyl (C=O) groups excluding carboxylic acids is 3. The van der Waals surface area contributed by atoms with E-state index in [0.29, 0.717) is 16.3 Å². The van der Waals surface area contributed by atoms with E-state index < -0.39 is 17.8 Å². The summed E-state index contributed by atoms with van der Waals surface area (Å²) in [5.74, 6) is -1.42. The monoisotopic (exact) mass is 404 g/mol. The molecule has 0 bridgehead atoms. The SMILES string of the molecule is O=C1NC(=O)N(c2ccc(Cl)cc2)C(=O)/C1=C/c1ccccc1Br. The molecule has 1 aliphatic heterocycles. The van der Waals surface area contributed by atoms with Crippen molar-refractivity contribution < 1.29 is 14.4 Å². The zero-order valence-corrected chi connectivity index (χ0v) is 14.5. The number of amides is 4. The van der Waals surface area contributed by atoms with Gasteiger partial charge in [-0.25, -0.2) is 9.69 Å². The molecule has 1 aliphatic rings. The topological polar surface area (TPSA) is 66.5 Å². The Hall–Kier alpha value is -2.44. The lowest BCUT2D eigenvalue weighted by atomic mass is 10.1. The van der Waals surface area contributed by atoms with Gasteiger partial charge >= 0.3 is 6.03 Å². The number of nitrogens with zero attached hydrogens (tertiary/aromatic N) is 1. The molecule has 0 saturated carbocycles. The molecule has 2 aromatic carbocycles. The van der Waals surface area contributed by atoms with Crippen LogP contribution in [-0.4, -0.2) is 17.8 Å². The first-order valence-electron chi connectivity index (χ1n) is 6.89. The molecule has 7 heteroatoms. The van der Waals surface area contributed by atoms with Crippen molar-refractivity contribution in [1.29, 1.82) is 0 Å². The minimum atomic E-state index is -0.795. The van der Waals surface area contributed by atoms with Crippen molar-refractivity contribution in [3.63, 3.8) is 0 Å². The van der Waals surface area contributed by atoms with Crippen molar-refractivity contribution in [3.8, 4) is 0 Å². The van der Waals surface area contributed by atoms with E-state index in [2.05, 4.69) is 21.2 Å². The minimum absolute atomic E-state index is 0.128. The average Bonchev–Trinajstić information content (AvgIpc) is 2.54. The lowest BCUT2D eigenvalue weighted by molar-refractivity contribution is -0.122. The van der Waals surface area contributed by atoms with E-state index >= 15 is 0 Å². The van der Waals surface area contributed by atoms with Crippen LogP contribution in [0.3, 0.4) is 0 Å². The summed E-state index contributed by atoms with van der Waals surface area (Å²) in [5.41, 5.74) is 0.852. The van der Waals surface area contributed by atoms with E-state index in [4.69, 9.17) is 11.6 Å². The Balaban J connectivity index is 2.03. The van der Waals surface area contributed by atoms with Gasteiger partial charge in [0.15, 0.2) is 0 Å². The number of halogens is 2. The number of rotatable bonds is 2. The first-order chi connectivity index (χ1) is 11.5. The van der Waals surface area contributed by atoms with Gasteiger partial charge in [-0.1, -0.05) is 45.7 Å². The van der Waals surface area contributed by atoms with Crippen molar-refractivity contribution in [2.24, 2.45) is 0 Å². The Labute approximate surface area is 151 Å². The van der Waals surface area contributed by atoms with Crippen LogP contribution < -0.4 is 10.2 Å². The van der Waals surface area contributed by atoms with Crippen LogP contribution in [0.5, 0.6) is 0 Å². The van der Waals surface area contributed by atoms with Gasteiger partial charge in [-0.3, -0.25) is 14.9 Å². The van der Waals surface area contributed by atoms with Crippen LogP contribution in [0.2, 0.25) is 5.02 Å². The fourth-order valence-corrected chi connectivity index (χ4v) is 2.75. The van der Waals surface area contributed by atoms with Crippen LogP contribution in [0.25, 0.3) is 6.08 Å². The van der Waals surface area contributed by atoms with Crippen LogP contribution in [0.15, 0.2) is 58.6 Å². The van der Waals surface area contributed by atoms with Crippen LogP contribution in [-0.2, 0) is 9.59 Å². The summed E-state index contributed by atoms with van der Waals surface area (Å²) in [5, 5.41) is 2.65. The quantitative estimate of drug-likeness (QED) is 0.611. The van der Waals surface area contributed by atoms with E-state index in [1.165, 1.54) is 18.2 Å². The first-order valence-corrected chi connectivity index (χ1v) is 8.06. The van der Waals surface area contributed by atoms with E-state index in [1.807, 2.05) is 6.07 Å². The predicted octanol–water partition coefficient (Wildman–Crippen LogP) is 3.77. The molecular weight excluding hydrogens is 396 g/mol. The van der Waals surface area contributed by atoms with Crippen LogP contribution >= 0.6 is 27.5 Å². The number of carbonyl (C=O) groups is 3. The highest BCUT2D eigenvalue weighted by molar-refractivity contribution is 9.10. The Morgan fingerprint density at radius 1 is 1.00 bits per heavy atom. The zero-order valence-electron chi connectivity index (χ0n) is 12.1. The molecule has 0 atom stereocenters. The third-order valence-electron chi connectivity index (χ3n) is 3.39. The number of urea groups is 1. The molecule has 24 heavy (non-hydrogen) atoms. The number of anilines is 1. The predicted molar refractivity (Wildman–Crippen MR) is 94.6 cm³/mol. The fourth-order valence-electron chi connectivity index (χ4n) is 2.23. The van der Waals surface area contributed by atoms with E-state index in [1.54, 1.807) is 30.3 Å². The molecule has 1 N–H and O–H groups in total. The third-order valence-corrected chi connectivity index (χ3v) is 4.37. The molecule has 0 unspecified atom stereocenters. The summed E-state index contributed by atoms with van der Waals surface area (Å²) in [4.78, 5) is 37.7. The number of hydrogen-bond acceptors (Lipinski definition) is 3. The average molecular weight is 406 g/mol. The van der Waals surface area contributed by atoms with E-state index in [-0.39, 0.29) is 5.57 Å². The molecule has 4 amide bonds. The number of benzene rings is 2. The second-order valence-electron chi connectivity index (χ2n) is 4.96. The Bertz CT molecular complexity index is 878. The number of nitrogens with one attached hydrogen (secondary N) is 1. The second kappa shape index (κ2) is 6.59. The molecule has 0 spiro atoms. The normalized spacial score (nSPS) is 16.5. The Kier molecular flexibility index (Phi) is 4.51. The van der Waals surface area contributed by atoms with Gasteiger partial charge in [0.05, 0.1) is 5.69 Å². The van der Waals surface area contributed by atoms with Gasteiger partial charge in [-0.15, -0.1) is 0 Å². The molecule has 5 nitrogen and oxygen atoms in total. The summed E-state index contributed by atoms with van der Waals surface area (Å²) in [6, 6.07) is 12.5. The molecule has 0 aromatic heterocycles. The van der Waals surface area contributed by atoms with Crippen molar-refractivity contribution >= 4 is 57.1 Å². The largest absolute Gasteiger partial charge is 0.335 e. The molecule has 0 radical (unpaired) electrons. The van der Waals surface area contributed by atoms with E-state index in [0.717, 1.165) is 9.37 Å². The van der Waals surface area contributed by atoms with Gasteiger partial charge < -0.3 is 0 Å². The van der Waals surface area contributed by atoms with Crippen molar-refractivity contribution in [2.45, 2.75) is 0 Å². The van der Waals surface area contributed by atoms with E-state index in [9.17, 15) is 14.4 Å². The fraction of sp³-hybridized carbons (Fsp3) is 0. The summed E-state index contributed by atoms with van der Waals surface area (Å²) in [6.45, 7) is 0. The molecule has 3 rings (SSSR count). The number of imide groups is 2.